The highest BCUT2D eigenvalue weighted by Gasteiger charge is 2.24. The Hall–Kier alpha value is -1.12. The van der Waals surface area contributed by atoms with E-state index < -0.39 is 0 Å². The molecule has 3 rings (SSSR count). The van der Waals surface area contributed by atoms with Gasteiger partial charge in [-0.15, -0.1) is 11.6 Å². The van der Waals surface area contributed by atoms with Crippen molar-refractivity contribution >= 4 is 34.7 Å². The van der Waals surface area contributed by atoms with Crippen molar-refractivity contribution in [3.63, 3.8) is 0 Å². The van der Waals surface area contributed by atoms with E-state index in [4.69, 9.17) is 11.6 Å². The Morgan fingerprint density at radius 3 is 2.65 bits per heavy atom. The molecule has 20 heavy (non-hydrogen) atoms. The summed E-state index contributed by atoms with van der Waals surface area (Å²) in [6, 6.07) is 13.1. The number of alkyl halides is 1. The Morgan fingerprint density at radius 2 is 1.85 bits per heavy atom. The molecule has 0 aliphatic carbocycles. The smallest absolute Gasteiger partial charge is 0.0585 e. The van der Waals surface area contributed by atoms with Crippen LogP contribution < -0.4 is 4.90 Å². The van der Waals surface area contributed by atoms with Gasteiger partial charge >= 0.3 is 0 Å². The lowest BCUT2D eigenvalue weighted by atomic mass is 10.1. The third-order valence-electron chi connectivity index (χ3n) is 3.83. The number of benzene rings is 2. The maximum atomic E-state index is 5.91. The van der Waals surface area contributed by atoms with Crippen molar-refractivity contribution in [2.24, 2.45) is 0 Å². The quantitative estimate of drug-likeness (QED) is 0.685. The van der Waals surface area contributed by atoms with Crippen LogP contribution in [0.25, 0.3) is 0 Å². The van der Waals surface area contributed by atoms with Gasteiger partial charge in [0.25, 0.3) is 0 Å². The lowest BCUT2D eigenvalue weighted by molar-refractivity contribution is 0.865. The lowest BCUT2D eigenvalue weighted by Gasteiger charge is -2.34. The summed E-state index contributed by atoms with van der Waals surface area (Å²) >= 11 is 7.78. The third-order valence-corrected chi connectivity index (χ3v) is 5.21. The second kappa shape index (κ2) is 5.71. The maximum Gasteiger partial charge on any atom is 0.0585 e. The van der Waals surface area contributed by atoms with Crippen LogP contribution in [-0.2, 0) is 0 Å². The van der Waals surface area contributed by atoms with E-state index in [2.05, 4.69) is 55.1 Å². The monoisotopic (exact) mass is 303 g/mol. The highest BCUT2D eigenvalue weighted by molar-refractivity contribution is 7.99. The highest BCUT2D eigenvalue weighted by atomic mass is 35.5. The molecule has 0 bridgehead atoms. The summed E-state index contributed by atoms with van der Waals surface area (Å²) < 4.78 is 0. The second-order valence-corrected chi connectivity index (χ2v) is 6.58. The number of para-hydroxylation sites is 1. The average molecular weight is 304 g/mol. The van der Waals surface area contributed by atoms with Gasteiger partial charge < -0.3 is 4.90 Å². The Bertz CT molecular complexity index is 639. The Labute approximate surface area is 129 Å². The van der Waals surface area contributed by atoms with Crippen molar-refractivity contribution in [3.05, 3.63) is 47.5 Å². The van der Waals surface area contributed by atoms with Crippen LogP contribution in [-0.4, -0.2) is 12.4 Å². The third kappa shape index (κ3) is 2.32. The summed E-state index contributed by atoms with van der Waals surface area (Å²) in [5.41, 5.74) is 5.39. The fraction of sp³-hybridized carbons (Fsp3) is 0.294. The predicted molar refractivity (Wildman–Crippen MR) is 88.8 cm³/mol. The number of halogens is 1. The molecule has 2 aromatic carbocycles. The van der Waals surface area contributed by atoms with Crippen LogP contribution in [0.1, 0.15) is 17.5 Å². The van der Waals surface area contributed by atoms with Gasteiger partial charge in [0.1, 0.15) is 0 Å². The lowest BCUT2D eigenvalue weighted by Crippen LogP contribution is -2.23. The molecule has 0 radical (unpaired) electrons. The minimum Gasteiger partial charge on any atom is -0.339 e. The Balaban J connectivity index is 2.14. The second-order valence-electron chi connectivity index (χ2n) is 5.12. The topological polar surface area (TPSA) is 3.24 Å². The van der Waals surface area contributed by atoms with E-state index in [0.717, 1.165) is 13.0 Å². The first-order valence-electron chi connectivity index (χ1n) is 6.93. The van der Waals surface area contributed by atoms with Crippen LogP contribution >= 0.6 is 23.4 Å². The molecule has 104 valence electrons. The first kappa shape index (κ1) is 13.8. The van der Waals surface area contributed by atoms with Gasteiger partial charge in [0.15, 0.2) is 0 Å². The number of hydrogen-bond acceptors (Lipinski definition) is 2. The fourth-order valence-corrected chi connectivity index (χ4v) is 3.93. The first-order valence-corrected chi connectivity index (χ1v) is 8.28. The average Bonchev–Trinajstić information content (AvgIpc) is 2.47. The number of rotatable bonds is 3. The number of fused-ring (bicyclic) bond motifs is 2. The zero-order valence-electron chi connectivity index (χ0n) is 11.8. The van der Waals surface area contributed by atoms with Crippen LogP contribution in [0.2, 0.25) is 0 Å². The molecule has 0 spiro atoms. The SMILES string of the molecule is Cc1ccc2c(c1C)N(CCCCl)c1ccccc1S2. The van der Waals surface area contributed by atoms with Crippen molar-refractivity contribution in [3.8, 4) is 0 Å². The van der Waals surface area contributed by atoms with Crippen molar-refractivity contribution in [1.29, 1.82) is 0 Å². The molecule has 0 N–H and O–H groups in total. The van der Waals surface area contributed by atoms with Crippen molar-refractivity contribution < 1.29 is 0 Å². The van der Waals surface area contributed by atoms with Crippen molar-refractivity contribution in [2.75, 3.05) is 17.3 Å². The molecule has 0 amide bonds. The fourth-order valence-electron chi connectivity index (χ4n) is 2.65. The normalized spacial score (nSPS) is 13.1. The summed E-state index contributed by atoms with van der Waals surface area (Å²) in [4.78, 5) is 5.12. The number of hydrogen-bond donors (Lipinski definition) is 0. The van der Waals surface area contributed by atoms with Crippen molar-refractivity contribution in [1.82, 2.24) is 0 Å². The van der Waals surface area contributed by atoms with E-state index in [1.165, 1.54) is 32.3 Å². The van der Waals surface area contributed by atoms with Gasteiger partial charge in [0.2, 0.25) is 0 Å². The maximum absolute atomic E-state index is 5.91. The zero-order valence-corrected chi connectivity index (χ0v) is 13.4. The van der Waals surface area contributed by atoms with Gasteiger partial charge in [-0.05, 0) is 49.6 Å². The van der Waals surface area contributed by atoms with Crippen LogP contribution in [0.15, 0.2) is 46.2 Å². The van der Waals surface area contributed by atoms with Gasteiger partial charge in [0.05, 0.1) is 11.4 Å². The molecule has 0 aromatic heterocycles. The van der Waals surface area contributed by atoms with E-state index in [1.807, 2.05) is 11.8 Å². The van der Waals surface area contributed by atoms with Crippen LogP contribution in [0, 0.1) is 13.8 Å². The number of nitrogens with zero attached hydrogens (tertiary/aromatic N) is 1. The van der Waals surface area contributed by atoms with Gasteiger partial charge in [-0.3, -0.25) is 0 Å². The van der Waals surface area contributed by atoms with Gasteiger partial charge in [-0.2, -0.15) is 0 Å². The molecule has 0 atom stereocenters. The largest absolute Gasteiger partial charge is 0.339 e. The van der Waals surface area contributed by atoms with Gasteiger partial charge in [0, 0.05) is 22.2 Å². The van der Waals surface area contributed by atoms with Gasteiger partial charge in [-0.25, -0.2) is 0 Å². The molecular formula is C17H18ClNS. The molecule has 0 saturated carbocycles. The molecule has 0 unspecified atom stereocenters. The summed E-state index contributed by atoms with van der Waals surface area (Å²) in [6.45, 7) is 5.37. The van der Waals surface area contributed by atoms with Crippen LogP contribution in [0.5, 0.6) is 0 Å². The van der Waals surface area contributed by atoms with Crippen LogP contribution in [0.4, 0.5) is 11.4 Å². The predicted octanol–water partition coefficient (Wildman–Crippen LogP) is 5.54. The van der Waals surface area contributed by atoms with Crippen LogP contribution in [0.3, 0.4) is 0 Å². The summed E-state index contributed by atoms with van der Waals surface area (Å²) in [6.07, 6.45) is 0.993. The van der Waals surface area contributed by atoms with E-state index in [9.17, 15) is 0 Å². The van der Waals surface area contributed by atoms with E-state index in [1.54, 1.807) is 0 Å². The Kier molecular flexibility index (Phi) is 3.95. The molecular weight excluding hydrogens is 286 g/mol. The van der Waals surface area contributed by atoms with E-state index in [-0.39, 0.29) is 0 Å². The minimum atomic E-state index is 0.700. The van der Waals surface area contributed by atoms with E-state index >= 15 is 0 Å². The van der Waals surface area contributed by atoms with Gasteiger partial charge in [-0.1, -0.05) is 30.0 Å². The zero-order chi connectivity index (χ0) is 14.1. The van der Waals surface area contributed by atoms with Crippen molar-refractivity contribution in [2.45, 2.75) is 30.1 Å². The molecule has 0 saturated heterocycles. The molecule has 1 heterocycles. The minimum absolute atomic E-state index is 0.700. The number of aryl methyl sites for hydroxylation is 1. The molecule has 3 heteroatoms. The molecule has 1 aliphatic rings. The summed E-state index contributed by atoms with van der Waals surface area (Å²) in [5, 5.41) is 0. The summed E-state index contributed by atoms with van der Waals surface area (Å²) in [5.74, 6) is 0.700. The Morgan fingerprint density at radius 1 is 1.05 bits per heavy atom. The highest BCUT2D eigenvalue weighted by Crippen LogP contribution is 2.49. The first-order chi connectivity index (χ1) is 9.72. The summed E-state index contributed by atoms with van der Waals surface area (Å²) in [7, 11) is 0. The number of anilines is 2. The molecule has 2 aromatic rings. The molecule has 0 fully saturated rings. The molecule has 1 nitrogen and oxygen atoms in total. The molecule has 1 aliphatic heterocycles. The standard InChI is InChI=1S/C17H18ClNS/c1-12-8-9-16-17(13(12)2)19(11-5-10-18)14-6-3-4-7-15(14)20-16/h3-4,6-9H,5,10-11H2,1-2H3. The van der Waals surface area contributed by atoms with E-state index in [0.29, 0.717) is 5.88 Å².